The van der Waals surface area contributed by atoms with Crippen LogP contribution in [0.4, 0.5) is 0 Å². The molecule has 1 aromatic heterocycles. The van der Waals surface area contributed by atoms with Gasteiger partial charge in [0.05, 0.1) is 13.2 Å². The number of aryl methyl sites for hydroxylation is 1. The monoisotopic (exact) mass is 451 g/mol. The number of rotatable bonds is 4. The number of hydrogen-bond donors (Lipinski definition) is 0. The summed E-state index contributed by atoms with van der Waals surface area (Å²) in [5.41, 5.74) is 1.74. The molecule has 5 rings (SSSR count). The minimum Gasteiger partial charge on any atom is -0.378 e. The molecule has 0 bridgehead atoms. The maximum atomic E-state index is 13.4. The molecule has 0 spiro atoms. The molecule has 3 aliphatic heterocycles. The number of carbonyl (C=O) groups excluding carboxylic acids is 3. The van der Waals surface area contributed by atoms with Crippen molar-refractivity contribution in [3.8, 4) is 0 Å². The van der Waals surface area contributed by atoms with Crippen LogP contribution in [0.1, 0.15) is 45.8 Å². The summed E-state index contributed by atoms with van der Waals surface area (Å²) in [4.78, 5) is 44.9. The molecule has 9 nitrogen and oxygen atoms in total. The first-order chi connectivity index (χ1) is 16.1. The molecule has 1 unspecified atom stereocenters. The number of likely N-dealkylation sites (tertiary alicyclic amines) is 1. The van der Waals surface area contributed by atoms with Gasteiger partial charge in [0, 0.05) is 45.3 Å². The lowest BCUT2D eigenvalue weighted by Gasteiger charge is -2.32. The number of hydrogen-bond acceptors (Lipinski definition) is 5. The Bertz CT molecular complexity index is 1030. The van der Waals surface area contributed by atoms with Gasteiger partial charge < -0.3 is 19.4 Å². The molecule has 1 atom stereocenters. The number of aromatic nitrogens is 2. The van der Waals surface area contributed by atoms with E-state index in [0.29, 0.717) is 64.6 Å². The largest absolute Gasteiger partial charge is 0.378 e. The van der Waals surface area contributed by atoms with E-state index in [0.717, 1.165) is 18.4 Å². The second-order valence-corrected chi connectivity index (χ2v) is 8.80. The molecule has 2 fully saturated rings. The lowest BCUT2D eigenvalue weighted by molar-refractivity contribution is -0.139. The topological polar surface area (TPSA) is 88.0 Å². The zero-order chi connectivity index (χ0) is 22.8. The number of benzene rings is 1. The molecule has 33 heavy (non-hydrogen) atoms. The van der Waals surface area contributed by atoms with Crippen LogP contribution in [-0.4, -0.2) is 87.6 Å². The van der Waals surface area contributed by atoms with Crippen molar-refractivity contribution in [2.75, 3.05) is 39.4 Å². The van der Waals surface area contributed by atoms with E-state index in [-0.39, 0.29) is 23.4 Å². The Kier molecular flexibility index (Phi) is 6.13. The van der Waals surface area contributed by atoms with Gasteiger partial charge in [0.15, 0.2) is 5.69 Å². The summed E-state index contributed by atoms with van der Waals surface area (Å²) in [6.45, 7) is 4.44. The summed E-state index contributed by atoms with van der Waals surface area (Å²) in [5, 5.41) is 4.49. The van der Waals surface area contributed by atoms with Crippen LogP contribution in [0.25, 0.3) is 0 Å². The highest BCUT2D eigenvalue weighted by atomic mass is 16.5. The van der Waals surface area contributed by atoms with E-state index in [4.69, 9.17) is 4.74 Å². The van der Waals surface area contributed by atoms with Crippen LogP contribution in [0.3, 0.4) is 0 Å². The average molecular weight is 452 g/mol. The molecule has 4 heterocycles. The zero-order valence-corrected chi connectivity index (χ0v) is 18.7. The highest BCUT2D eigenvalue weighted by Gasteiger charge is 2.38. The first kappa shape index (κ1) is 21.6. The highest BCUT2D eigenvalue weighted by molar-refractivity contribution is 6.00. The molecule has 2 aromatic rings. The minimum absolute atomic E-state index is 0.0185. The van der Waals surface area contributed by atoms with Gasteiger partial charge in [-0.1, -0.05) is 30.3 Å². The average Bonchev–Trinajstić information content (AvgIpc) is 3.48. The molecular formula is C24H29N5O4. The minimum atomic E-state index is -0.470. The zero-order valence-electron chi connectivity index (χ0n) is 18.7. The third-order valence-corrected chi connectivity index (χ3v) is 6.64. The van der Waals surface area contributed by atoms with E-state index in [9.17, 15) is 14.4 Å². The van der Waals surface area contributed by atoms with Crippen LogP contribution in [0.2, 0.25) is 0 Å². The Morgan fingerprint density at radius 3 is 2.58 bits per heavy atom. The number of fused-ring (bicyclic) bond motifs is 1. The van der Waals surface area contributed by atoms with E-state index in [1.165, 1.54) is 0 Å². The summed E-state index contributed by atoms with van der Waals surface area (Å²) in [5.74, 6) is -0.414. The van der Waals surface area contributed by atoms with Crippen molar-refractivity contribution >= 4 is 17.7 Å². The quantitative estimate of drug-likeness (QED) is 0.701. The van der Waals surface area contributed by atoms with Crippen molar-refractivity contribution in [2.24, 2.45) is 0 Å². The van der Waals surface area contributed by atoms with Gasteiger partial charge in [-0.3, -0.25) is 19.1 Å². The fourth-order valence-electron chi connectivity index (χ4n) is 4.90. The molecule has 0 saturated carbocycles. The molecule has 3 aliphatic rings. The smallest absolute Gasteiger partial charge is 0.275 e. The summed E-state index contributed by atoms with van der Waals surface area (Å²) in [6.07, 6.45) is 2.20. The van der Waals surface area contributed by atoms with Crippen LogP contribution in [0.15, 0.2) is 36.4 Å². The summed E-state index contributed by atoms with van der Waals surface area (Å²) < 4.78 is 6.99. The number of amides is 3. The van der Waals surface area contributed by atoms with Crippen molar-refractivity contribution in [2.45, 2.75) is 38.4 Å². The lowest BCUT2D eigenvalue weighted by atomic mass is 10.1. The number of ether oxygens (including phenoxy) is 1. The molecule has 0 aliphatic carbocycles. The van der Waals surface area contributed by atoms with Gasteiger partial charge in [-0.15, -0.1) is 0 Å². The van der Waals surface area contributed by atoms with Crippen LogP contribution >= 0.6 is 0 Å². The van der Waals surface area contributed by atoms with Crippen LogP contribution in [0, 0.1) is 0 Å². The standard InChI is InChI=1S/C24H29N5O4/c30-22(28-10-4-8-20(28)23(31)26-12-14-33-15-13-26)19-16-21-24(32)27(9-5-11-29(21)25-19)17-18-6-2-1-3-7-18/h1-3,6-7,16,20H,4-5,8-15,17H2. The SMILES string of the molecule is O=C1c2cc(C(=O)N3CCCC3C(=O)N3CCOCC3)nn2CCCN1Cc1ccccc1. The van der Waals surface area contributed by atoms with Crippen molar-refractivity contribution in [1.82, 2.24) is 24.5 Å². The third-order valence-electron chi connectivity index (χ3n) is 6.64. The Morgan fingerprint density at radius 2 is 1.79 bits per heavy atom. The predicted octanol–water partition coefficient (Wildman–Crippen LogP) is 1.39. The van der Waals surface area contributed by atoms with Gasteiger partial charge in [-0.05, 0) is 24.8 Å². The van der Waals surface area contributed by atoms with Gasteiger partial charge in [-0.2, -0.15) is 5.10 Å². The molecule has 1 aromatic carbocycles. The van der Waals surface area contributed by atoms with E-state index in [1.807, 2.05) is 35.2 Å². The second kappa shape index (κ2) is 9.35. The van der Waals surface area contributed by atoms with Crippen LogP contribution in [-0.2, 0) is 22.6 Å². The van der Waals surface area contributed by atoms with Crippen molar-refractivity contribution < 1.29 is 19.1 Å². The van der Waals surface area contributed by atoms with Crippen LogP contribution in [0.5, 0.6) is 0 Å². The van der Waals surface area contributed by atoms with Crippen molar-refractivity contribution in [3.63, 3.8) is 0 Å². The Labute approximate surface area is 192 Å². The maximum Gasteiger partial charge on any atom is 0.275 e. The number of nitrogens with zero attached hydrogens (tertiary/aromatic N) is 5. The molecule has 3 amide bonds. The van der Waals surface area contributed by atoms with Crippen molar-refractivity contribution in [3.05, 3.63) is 53.3 Å². The van der Waals surface area contributed by atoms with Gasteiger partial charge in [-0.25, -0.2) is 0 Å². The van der Waals surface area contributed by atoms with E-state index < -0.39 is 6.04 Å². The summed E-state index contributed by atoms with van der Waals surface area (Å²) in [6, 6.07) is 11.0. The number of carbonyl (C=O) groups is 3. The normalized spacial score (nSPS) is 21.2. The molecule has 0 N–H and O–H groups in total. The Hall–Kier alpha value is -3.20. The fraction of sp³-hybridized carbons (Fsp3) is 0.500. The molecule has 2 saturated heterocycles. The Balaban J connectivity index is 1.33. The molecule has 174 valence electrons. The van der Waals surface area contributed by atoms with E-state index in [1.54, 1.807) is 20.5 Å². The first-order valence-corrected chi connectivity index (χ1v) is 11.7. The van der Waals surface area contributed by atoms with Gasteiger partial charge in [0.1, 0.15) is 11.7 Å². The van der Waals surface area contributed by atoms with Gasteiger partial charge >= 0.3 is 0 Å². The third kappa shape index (κ3) is 4.37. The van der Waals surface area contributed by atoms with Gasteiger partial charge in [0.25, 0.3) is 11.8 Å². The molecule has 0 radical (unpaired) electrons. The summed E-state index contributed by atoms with van der Waals surface area (Å²) >= 11 is 0. The van der Waals surface area contributed by atoms with Crippen molar-refractivity contribution in [1.29, 1.82) is 0 Å². The lowest BCUT2D eigenvalue weighted by Crippen LogP contribution is -2.51. The van der Waals surface area contributed by atoms with E-state index in [2.05, 4.69) is 5.10 Å². The van der Waals surface area contributed by atoms with E-state index >= 15 is 0 Å². The van der Waals surface area contributed by atoms with Gasteiger partial charge in [0.2, 0.25) is 5.91 Å². The predicted molar refractivity (Wildman–Crippen MR) is 119 cm³/mol. The fourth-order valence-corrected chi connectivity index (χ4v) is 4.90. The second-order valence-electron chi connectivity index (χ2n) is 8.80. The summed E-state index contributed by atoms with van der Waals surface area (Å²) in [7, 11) is 0. The maximum absolute atomic E-state index is 13.4. The Morgan fingerprint density at radius 1 is 1.00 bits per heavy atom. The number of morpholine rings is 1. The van der Waals surface area contributed by atoms with Crippen LogP contribution < -0.4 is 0 Å². The molecule has 9 heteroatoms. The highest BCUT2D eigenvalue weighted by Crippen LogP contribution is 2.24. The first-order valence-electron chi connectivity index (χ1n) is 11.7. The molecular weight excluding hydrogens is 422 g/mol.